The van der Waals surface area contributed by atoms with Gasteiger partial charge in [0.15, 0.2) is 0 Å². The number of hydrogen-bond donors (Lipinski definition) is 0. The fraction of sp³-hybridized carbons (Fsp3) is 0.125. The molecule has 0 aliphatic carbocycles. The zero-order chi connectivity index (χ0) is 11.0. The van der Waals surface area contributed by atoms with Crippen molar-refractivity contribution < 1.29 is 0 Å². The summed E-state index contributed by atoms with van der Waals surface area (Å²) in [5.41, 5.74) is 1.31. The van der Waals surface area contributed by atoms with Gasteiger partial charge in [-0.3, -0.25) is 0 Å². The van der Waals surface area contributed by atoms with Crippen LogP contribution in [0.25, 0.3) is 21.5 Å². The van der Waals surface area contributed by atoms with Crippen LogP contribution >= 0.6 is 0 Å². The fourth-order valence-electron chi connectivity index (χ4n) is 2.26. The van der Waals surface area contributed by atoms with Crippen LogP contribution in [0, 0.1) is 6.07 Å². The Morgan fingerprint density at radius 1 is 0.938 bits per heavy atom. The molecule has 0 nitrogen and oxygen atoms in total. The molecule has 1 radical (unpaired) electrons. The van der Waals surface area contributed by atoms with Gasteiger partial charge >= 0.3 is 0 Å². The number of hydrogen-bond acceptors (Lipinski definition) is 0. The maximum absolute atomic E-state index is 3.33. The largest absolute Gasteiger partial charge is 0.0616 e. The van der Waals surface area contributed by atoms with Crippen molar-refractivity contribution in [2.24, 2.45) is 0 Å². The minimum Gasteiger partial charge on any atom is -0.0616 e. The molecule has 0 aliphatic heterocycles. The molecule has 0 spiro atoms. The van der Waals surface area contributed by atoms with E-state index in [2.05, 4.69) is 55.5 Å². The van der Waals surface area contributed by atoms with Crippen molar-refractivity contribution in [3.63, 3.8) is 0 Å². The van der Waals surface area contributed by atoms with Crippen LogP contribution in [0.3, 0.4) is 0 Å². The van der Waals surface area contributed by atoms with E-state index in [9.17, 15) is 0 Å². The van der Waals surface area contributed by atoms with Crippen LogP contribution in [0.4, 0.5) is 0 Å². The Morgan fingerprint density at radius 2 is 1.69 bits per heavy atom. The van der Waals surface area contributed by atoms with E-state index in [0.29, 0.717) is 0 Å². The number of rotatable bonds is 1. The molecule has 3 aromatic rings. The van der Waals surface area contributed by atoms with Gasteiger partial charge in [0, 0.05) is 0 Å². The van der Waals surface area contributed by atoms with Crippen LogP contribution in [0.5, 0.6) is 0 Å². The molecule has 0 bridgehead atoms. The Balaban J connectivity index is 2.46. The third-order valence-corrected chi connectivity index (χ3v) is 3.12. The summed E-state index contributed by atoms with van der Waals surface area (Å²) in [6, 6.07) is 20.5. The SMILES string of the molecule is CCc1[c]ccc2cc3ccccc3cc12. The smallest absolute Gasteiger partial charge is 0.0139 e. The van der Waals surface area contributed by atoms with E-state index in [1.54, 1.807) is 0 Å². The molecule has 0 heterocycles. The Bertz CT molecular complexity index is 650. The first-order valence-electron chi connectivity index (χ1n) is 5.70. The van der Waals surface area contributed by atoms with Gasteiger partial charge in [-0.1, -0.05) is 43.3 Å². The average molecular weight is 205 g/mol. The van der Waals surface area contributed by atoms with Crippen molar-refractivity contribution in [2.75, 3.05) is 0 Å². The minimum absolute atomic E-state index is 1.04. The lowest BCUT2D eigenvalue weighted by Crippen LogP contribution is -1.84. The van der Waals surface area contributed by atoms with Crippen molar-refractivity contribution in [3.05, 3.63) is 60.2 Å². The van der Waals surface area contributed by atoms with Gasteiger partial charge in [-0.25, -0.2) is 0 Å². The molecule has 0 saturated carbocycles. The van der Waals surface area contributed by atoms with Crippen LogP contribution in [-0.4, -0.2) is 0 Å². The molecule has 0 N–H and O–H groups in total. The van der Waals surface area contributed by atoms with Gasteiger partial charge in [0.25, 0.3) is 0 Å². The Hall–Kier alpha value is -1.82. The third-order valence-electron chi connectivity index (χ3n) is 3.12. The van der Waals surface area contributed by atoms with E-state index >= 15 is 0 Å². The summed E-state index contributed by atoms with van der Waals surface area (Å²) in [7, 11) is 0. The lowest BCUT2D eigenvalue weighted by molar-refractivity contribution is 1.16. The topological polar surface area (TPSA) is 0 Å². The van der Waals surface area contributed by atoms with Crippen molar-refractivity contribution >= 4 is 21.5 Å². The zero-order valence-corrected chi connectivity index (χ0v) is 9.33. The summed E-state index contributed by atoms with van der Waals surface area (Å²) < 4.78 is 0. The van der Waals surface area contributed by atoms with Gasteiger partial charge in [0.05, 0.1) is 0 Å². The first kappa shape index (κ1) is 9.41. The molecule has 0 aliphatic rings. The normalized spacial score (nSPS) is 11.1. The predicted octanol–water partition coefficient (Wildman–Crippen LogP) is 4.36. The molecule has 0 atom stereocenters. The molecule has 0 aromatic heterocycles. The molecule has 16 heavy (non-hydrogen) atoms. The highest BCUT2D eigenvalue weighted by Gasteiger charge is 2.01. The Labute approximate surface area is 95.5 Å². The maximum Gasteiger partial charge on any atom is -0.0139 e. The van der Waals surface area contributed by atoms with Gasteiger partial charge in [-0.2, -0.15) is 0 Å². The summed E-state index contributed by atoms with van der Waals surface area (Å²) in [6.45, 7) is 2.18. The molecule has 0 unspecified atom stereocenters. The molecule has 0 amide bonds. The second-order valence-electron chi connectivity index (χ2n) is 4.10. The predicted molar refractivity (Wildman–Crippen MR) is 69.7 cm³/mol. The fourth-order valence-corrected chi connectivity index (χ4v) is 2.26. The third kappa shape index (κ3) is 1.38. The van der Waals surface area contributed by atoms with Crippen molar-refractivity contribution in [3.8, 4) is 0 Å². The summed E-state index contributed by atoms with van der Waals surface area (Å²) in [5.74, 6) is 0. The van der Waals surface area contributed by atoms with Gasteiger partial charge in [-0.05, 0) is 51.7 Å². The Kier molecular flexibility index (Phi) is 2.14. The van der Waals surface area contributed by atoms with Crippen LogP contribution in [0.15, 0.2) is 48.5 Å². The number of fused-ring (bicyclic) bond motifs is 2. The molecule has 0 saturated heterocycles. The van der Waals surface area contributed by atoms with Gasteiger partial charge in [0.2, 0.25) is 0 Å². The van der Waals surface area contributed by atoms with E-state index in [0.717, 1.165) is 6.42 Å². The standard InChI is InChI=1S/C16H13/c1-2-12-8-5-9-15-10-13-6-3-4-7-14(13)11-16(12)15/h3-7,9-11H,2H2,1H3. The van der Waals surface area contributed by atoms with Gasteiger partial charge in [-0.15, -0.1) is 0 Å². The van der Waals surface area contributed by atoms with Crippen molar-refractivity contribution in [1.29, 1.82) is 0 Å². The average Bonchev–Trinajstić information content (AvgIpc) is 2.35. The minimum atomic E-state index is 1.04. The van der Waals surface area contributed by atoms with E-state index in [1.165, 1.54) is 27.1 Å². The highest BCUT2D eigenvalue weighted by atomic mass is 14.0. The quantitative estimate of drug-likeness (QED) is 0.518. The van der Waals surface area contributed by atoms with E-state index in [1.807, 2.05) is 6.07 Å². The second-order valence-corrected chi connectivity index (χ2v) is 4.10. The molecule has 3 rings (SSSR count). The van der Waals surface area contributed by atoms with Gasteiger partial charge in [0.1, 0.15) is 0 Å². The van der Waals surface area contributed by atoms with E-state index in [4.69, 9.17) is 0 Å². The highest BCUT2D eigenvalue weighted by Crippen LogP contribution is 2.25. The summed E-state index contributed by atoms with van der Waals surface area (Å²) in [6.07, 6.45) is 1.04. The van der Waals surface area contributed by atoms with Crippen molar-refractivity contribution in [2.45, 2.75) is 13.3 Å². The highest BCUT2D eigenvalue weighted by molar-refractivity contribution is 5.99. The van der Waals surface area contributed by atoms with E-state index in [-0.39, 0.29) is 0 Å². The van der Waals surface area contributed by atoms with Crippen LogP contribution in [0.2, 0.25) is 0 Å². The lowest BCUT2D eigenvalue weighted by Gasteiger charge is -2.06. The summed E-state index contributed by atoms with van der Waals surface area (Å²) >= 11 is 0. The van der Waals surface area contributed by atoms with Gasteiger partial charge < -0.3 is 0 Å². The Morgan fingerprint density at radius 3 is 2.44 bits per heavy atom. The summed E-state index contributed by atoms with van der Waals surface area (Å²) in [4.78, 5) is 0. The molecule has 3 aromatic carbocycles. The molecular weight excluding hydrogens is 192 g/mol. The molecule has 0 fully saturated rings. The number of benzene rings is 3. The van der Waals surface area contributed by atoms with Crippen molar-refractivity contribution in [1.82, 2.24) is 0 Å². The van der Waals surface area contributed by atoms with E-state index < -0.39 is 0 Å². The second kappa shape index (κ2) is 3.64. The zero-order valence-electron chi connectivity index (χ0n) is 9.33. The van der Waals surface area contributed by atoms with Crippen LogP contribution in [0.1, 0.15) is 12.5 Å². The monoisotopic (exact) mass is 205 g/mol. The maximum atomic E-state index is 3.33. The van der Waals surface area contributed by atoms with Crippen LogP contribution < -0.4 is 0 Å². The molecule has 77 valence electrons. The lowest BCUT2D eigenvalue weighted by atomic mass is 9.99. The summed E-state index contributed by atoms with van der Waals surface area (Å²) in [5, 5.41) is 5.27. The first-order chi connectivity index (χ1) is 7.88. The molecule has 0 heteroatoms. The van der Waals surface area contributed by atoms with Crippen LogP contribution in [-0.2, 0) is 6.42 Å². The number of aryl methyl sites for hydroxylation is 1. The molecular formula is C16H13. The first-order valence-corrected chi connectivity index (χ1v) is 5.70.